The van der Waals surface area contributed by atoms with E-state index in [0.29, 0.717) is 0 Å². The molecule has 3 heterocycles. The number of aromatic nitrogens is 4. The van der Waals surface area contributed by atoms with Crippen LogP contribution in [0, 0.1) is 0 Å². The zero-order chi connectivity index (χ0) is 15.5. The second-order valence-electron chi connectivity index (χ2n) is 5.09. The van der Waals surface area contributed by atoms with Gasteiger partial charge in [0.25, 0.3) is 0 Å². The van der Waals surface area contributed by atoms with Crippen molar-refractivity contribution >= 4 is 39.8 Å². The zero-order valence-corrected chi connectivity index (χ0v) is 13.9. The van der Waals surface area contributed by atoms with Gasteiger partial charge in [0.1, 0.15) is 5.01 Å². The van der Waals surface area contributed by atoms with E-state index in [4.69, 9.17) is 0 Å². The molecule has 0 saturated heterocycles. The van der Waals surface area contributed by atoms with E-state index in [9.17, 15) is 0 Å². The van der Waals surface area contributed by atoms with Gasteiger partial charge in [0.15, 0.2) is 5.82 Å². The summed E-state index contributed by atoms with van der Waals surface area (Å²) in [6.45, 7) is 0. The van der Waals surface area contributed by atoms with Crippen molar-refractivity contribution in [1.29, 1.82) is 0 Å². The highest BCUT2D eigenvalue weighted by atomic mass is 32.1. The molecular weight excluding hydrogens is 324 g/mol. The fourth-order valence-electron chi connectivity index (χ4n) is 2.34. The van der Waals surface area contributed by atoms with Gasteiger partial charge in [-0.15, -0.1) is 21.5 Å². The summed E-state index contributed by atoms with van der Waals surface area (Å²) in [7, 11) is 0. The summed E-state index contributed by atoms with van der Waals surface area (Å²) in [5, 5.41) is 16.1. The molecule has 4 nitrogen and oxygen atoms in total. The molecule has 0 bridgehead atoms. The fraction of sp³-hybridized carbons (Fsp3) is 0.118. The van der Waals surface area contributed by atoms with Crippen LogP contribution in [-0.4, -0.2) is 19.8 Å². The van der Waals surface area contributed by atoms with Crippen LogP contribution in [-0.2, 0) is 12.8 Å². The van der Waals surface area contributed by atoms with Crippen LogP contribution < -0.4 is 0 Å². The molecule has 0 saturated carbocycles. The minimum Gasteiger partial charge on any atom is -0.187 e. The van der Waals surface area contributed by atoms with Gasteiger partial charge in [-0.1, -0.05) is 47.7 Å². The Balaban J connectivity index is 1.52. The smallest absolute Gasteiger partial charge is 0.187 e. The summed E-state index contributed by atoms with van der Waals surface area (Å²) >= 11 is 3.27. The summed E-state index contributed by atoms with van der Waals surface area (Å²) in [4.78, 5) is 2.07. The van der Waals surface area contributed by atoms with Crippen molar-refractivity contribution in [2.24, 2.45) is 0 Å². The van der Waals surface area contributed by atoms with E-state index in [0.717, 1.165) is 28.6 Å². The Labute approximate surface area is 141 Å². The molecule has 23 heavy (non-hydrogen) atoms. The maximum Gasteiger partial charge on any atom is 0.234 e. The lowest BCUT2D eigenvalue weighted by Gasteiger charge is -1.98. The predicted octanol–water partition coefficient (Wildman–Crippen LogP) is 4.20. The average molecular weight is 338 g/mol. The van der Waals surface area contributed by atoms with Crippen LogP contribution in [0.5, 0.6) is 0 Å². The summed E-state index contributed by atoms with van der Waals surface area (Å²) in [5.74, 6) is 0.913. The second kappa shape index (κ2) is 6.44. The first-order chi connectivity index (χ1) is 11.4. The van der Waals surface area contributed by atoms with Gasteiger partial charge >= 0.3 is 0 Å². The molecule has 114 valence electrons. The Morgan fingerprint density at radius 3 is 2.70 bits per heavy atom. The monoisotopic (exact) mass is 338 g/mol. The standard InChI is InChI=1S/C17H14N4S2/c1-2-5-13(6-3-1)8-10-15-18-19-17-21(15)20-16(23-17)11-9-14-7-4-12-22-14/h1-7,9,11-12H,8,10H2. The van der Waals surface area contributed by atoms with Gasteiger partial charge in [0.2, 0.25) is 4.96 Å². The third kappa shape index (κ3) is 3.23. The van der Waals surface area contributed by atoms with Crippen LogP contribution in [0.1, 0.15) is 21.3 Å². The second-order valence-corrected chi connectivity index (χ2v) is 7.05. The Kier molecular flexibility index (Phi) is 4.00. The van der Waals surface area contributed by atoms with Crippen molar-refractivity contribution in [2.45, 2.75) is 12.8 Å². The molecule has 0 spiro atoms. The Bertz CT molecular complexity index is 920. The third-order valence-electron chi connectivity index (χ3n) is 3.48. The van der Waals surface area contributed by atoms with E-state index in [1.807, 2.05) is 22.7 Å². The molecule has 6 heteroatoms. The molecule has 0 aliphatic carbocycles. The van der Waals surface area contributed by atoms with Crippen molar-refractivity contribution in [3.8, 4) is 0 Å². The number of fused-ring (bicyclic) bond motifs is 1. The van der Waals surface area contributed by atoms with Crippen molar-refractivity contribution in [1.82, 2.24) is 19.8 Å². The Morgan fingerprint density at radius 2 is 1.87 bits per heavy atom. The first-order valence-corrected chi connectivity index (χ1v) is 9.05. The van der Waals surface area contributed by atoms with E-state index >= 15 is 0 Å². The highest BCUT2D eigenvalue weighted by molar-refractivity contribution is 7.17. The summed E-state index contributed by atoms with van der Waals surface area (Å²) < 4.78 is 1.86. The normalized spacial score (nSPS) is 11.7. The van der Waals surface area contributed by atoms with Crippen molar-refractivity contribution < 1.29 is 0 Å². The van der Waals surface area contributed by atoms with Gasteiger partial charge < -0.3 is 0 Å². The number of rotatable bonds is 5. The lowest BCUT2D eigenvalue weighted by molar-refractivity contribution is 0.790. The van der Waals surface area contributed by atoms with Gasteiger partial charge in [0.05, 0.1) is 0 Å². The molecule has 1 aromatic carbocycles. The lowest BCUT2D eigenvalue weighted by atomic mass is 10.1. The first-order valence-electron chi connectivity index (χ1n) is 7.35. The van der Waals surface area contributed by atoms with Crippen molar-refractivity contribution in [3.05, 3.63) is 69.1 Å². The van der Waals surface area contributed by atoms with Crippen LogP contribution in [0.3, 0.4) is 0 Å². The number of hydrogen-bond acceptors (Lipinski definition) is 5. The molecule has 0 N–H and O–H groups in total. The molecule has 0 radical (unpaired) electrons. The summed E-state index contributed by atoms with van der Waals surface area (Å²) in [6, 6.07) is 14.6. The molecule has 0 aliphatic heterocycles. The highest BCUT2D eigenvalue weighted by Gasteiger charge is 2.10. The topological polar surface area (TPSA) is 43.1 Å². The summed E-state index contributed by atoms with van der Waals surface area (Å²) in [6.07, 6.45) is 5.90. The predicted molar refractivity (Wildman–Crippen MR) is 95.8 cm³/mol. The van der Waals surface area contributed by atoms with E-state index in [-0.39, 0.29) is 0 Å². The number of benzene rings is 1. The van der Waals surface area contributed by atoms with Crippen LogP contribution >= 0.6 is 22.7 Å². The summed E-state index contributed by atoms with van der Waals surface area (Å²) in [5.41, 5.74) is 1.30. The number of nitrogens with zero attached hydrogens (tertiary/aromatic N) is 4. The number of thiophene rings is 1. The number of hydrogen-bond donors (Lipinski definition) is 0. The third-order valence-corrected chi connectivity index (χ3v) is 5.19. The largest absolute Gasteiger partial charge is 0.234 e. The van der Waals surface area contributed by atoms with E-state index in [1.165, 1.54) is 10.4 Å². The van der Waals surface area contributed by atoms with Crippen LogP contribution in [0.2, 0.25) is 0 Å². The molecule has 4 aromatic rings. The van der Waals surface area contributed by atoms with E-state index in [1.54, 1.807) is 22.7 Å². The minimum absolute atomic E-state index is 0.836. The molecule has 0 fully saturated rings. The van der Waals surface area contributed by atoms with Crippen LogP contribution in [0.15, 0.2) is 47.8 Å². The van der Waals surface area contributed by atoms with Gasteiger partial charge in [-0.05, 0) is 35.6 Å². The quantitative estimate of drug-likeness (QED) is 0.548. The van der Waals surface area contributed by atoms with Crippen molar-refractivity contribution in [2.75, 3.05) is 0 Å². The SMILES string of the molecule is C(=Cc1nn2c(CCc3ccccc3)nnc2s1)c1cccs1. The maximum atomic E-state index is 4.61. The highest BCUT2D eigenvalue weighted by Crippen LogP contribution is 2.19. The molecule has 3 aromatic heterocycles. The van der Waals surface area contributed by atoms with Crippen LogP contribution in [0.4, 0.5) is 0 Å². The van der Waals surface area contributed by atoms with E-state index in [2.05, 4.69) is 57.1 Å². The first kappa shape index (κ1) is 14.3. The van der Waals surface area contributed by atoms with Crippen LogP contribution in [0.25, 0.3) is 17.1 Å². The van der Waals surface area contributed by atoms with Gasteiger partial charge in [-0.2, -0.15) is 9.61 Å². The van der Waals surface area contributed by atoms with Gasteiger partial charge in [0, 0.05) is 11.3 Å². The minimum atomic E-state index is 0.836. The molecule has 0 atom stereocenters. The number of aryl methyl sites for hydroxylation is 2. The van der Waals surface area contributed by atoms with Crippen molar-refractivity contribution in [3.63, 3.8) is 0 Å². The molecule has 0 unspecified atom stereocenters. The molecular formula is C17H14N4S2. The van der Waals surface area contributed by atoms with E-state index < -0.39 is 0 Å². The Hall–Kier alpha value is -2.31. The van der Waals surface area contributed by atoms with Gasteiger partial charge in [-0.25, -0.2) is 0 Å². The lowest BCUT2D eigenvalue weighted by Crippen LogP contribution is -1.99. The zero-order valence-electron chi connectivity index (χ0n) is 12.3. The Morgan fingerprint density at radius 1 is 0.957 bits per heavy atom. The van der Waals surface area contributed by atoms with Gasteiger partial charge in [-0.3, -0.25) is 0 Å². The molecule has 4 rings (SSSR count). The fourth-order valence-corrected chi connectivity index (χ4v) is 3.71. The average Bonchev–Trinajstić information content (AvgIpc) is 3.29. The maximum absolute atomic E-state index is 4.61. The molecule has 0 aliphatic rings. The molecule has 0 amide bonds.